The topological polar surface area (TPSA) is 104 Å². The summed E-state index contributed by atoms with van der Waals surface area (Å²) in [5, 5.41) is 15.7. The van der Waals surface area contributed by atoms with Gasteiger partial charge in [-0.15, -0.1) is 0 Å². The standard InChI is InChI=1S/C23H20F3N3O4S/c1-3-32-18(30)12-34-22-16(11-27)20(17-8-5-9-33-17)19(13(2)28-22)21(31)29-15-7-4-6-14(10-15)23(24,25)26/h4-10,20,28H,3,12H2,1-2H3,(H,29,31)/t20-/m1/s1. The number of hydrogen-bond acceptors (Lipinski definition) is 7. The maximum absolute atomic E-state index is 13.2. The smallest absolute Gasteiger partial charge is 0.416 e. The Labute approximate surface area is 197 Å². The Morgan fingerprint density at radius 3 is 2.68 bits per heavy atom. The summed E-state index contributed by atoms with van der Waals surface area (Å²) in [6.07, 6.45) is -3.18. The van der Waals surface area contributed by atoms with Crippen LogP contribution in [0.1, 0.15) is 31.1 Å². The number of halogens is 3. The van der Waals surface area contributed by atoms with Gasteiger partial charge in [-0.1, -0.05) is 17.8 Å². The van der Waals surface area contributed by atoms with Crippen LogP contribution in [0.5, 0.6) is 0 Å². The number of dihydropyridines is 1. The summed E-state index contributed by atoms with van der Waals surface area (Å²) in [4.78, 5) is 25.0. The summed E-state index contributed by atoms with van der Waals surface area (Å²) in [5.74, 6) is -1.88. The summed E-state index contributed by atoms with van der Waals surface area (Å²) >= 11 is 1.04. The number of benzene rings is 1. The molecule has 1 aliphatic heterocycles. The first-order valence-corrected chi connectivity index (χ1v) is 11.1. The summed E-state index contributed by atoms with van der Waals surface area (Å²) in [6.45, 7) is 3.48. The number of anilines is 1. The van der Waals surface area contributed by atoms with Gasteiger partial charge >= 0.3 is 12.1 Å². The number of nitrogens with zero attached hydrogens (tertiary/aromatic N) is 1. The number of hydrogen-bond donors (Lipinski definition) is 2. The van der Waals surface area contributed by atoms with Crippen LogP contribution in [0, 0.1) is 11.3 Å². The molecule has 0 saturated carbocycles. The highest BCUT2D eigenvalue weighted by molar-refractivity contribution is 8.03. The van der Waals surface area contributed by atoms with E-state index >= 15 is 0 Å². The number of nitrogens with one attached hydrogen (secondary N) is 2. The van der Waals surface area contributed by atoms with E-state index in [1.54, 1.807) is 26.0 Å². The van der Waals surface area contributed by atoms with Gasteiger partial charge in [0.2, 0.25) is 0 Å². The van der Waals surface area contributed by atoms with Crippen molar-refractivity contribution in [2.75, 3.05) is 17.7 Å². The normalized spacial score (nSPS) is 16.1. The van der Waals surface area contributed by atoms with E-state index in [-0.39, 0.29) is 29.2 Å². The fourth-order valence-electron chi connectivity index (χ4n) is 3.37. The average Bonchev–Trinajstić information content (AvgIpc) is 3.31. The van der Waals surface area contributed by atoms with Crippen LogP contribution in [-0.4, -0.2) is 24.2 Å². The summed E-state index contributed by atoms with van der Waals surface area (Å²) in [5.41, 5.74) is -0.372. The highest BCUT2D eigenvalue weighted by Crippen LogP contribution is 2.41. The predicted octanol–water partition coefficient (Wildman–Crippen LogP) is 4.93. The number of furan rings is 1. The van der Waals surface area contributed by atoms with Crippen molar-refractivity contribution < 1.29 is 31.9 Å². The third kappa shape index (κ3) is 5.63. The molecule has 2 N–H and O–H groups in total. The lowest BCUT2D eigenvalue weighted by atomic mass is 9.85. The van der Waals surface area contributed by atoms with E-state index in [1.807, 2.05) is 0 Å². The summed E-state index contributed by atoms with van der Waals surface area (Å²) in [7, 11) is 0. The van der Waals surface area contributed by atoms with Gasteiger partial charge in [-0.05, 0) is 44.2 Å². The lowest BCUT2D eigenvalue weighted by molar-refractivity contribution is -0.140. The molecule has 0 spiro atoms. The Kier molecular flexibility index (Phi) is 7.73. The van der Waals surface area contributed by atoms with Crippen molar-refractivity contribution in [3.63, 3.8) is 0 Å². The SMILES string of the molecule is CCOC(=O)CSC1=C(C#N)[C@H](c2ccco2)C(C(=O)Nc2cccc(C(F)(F)F)c2)=C(C)N1. The third-order valence-corrected chi connectivity index (χ3v) is 5.80. The van der Waals surface area contributed by atoms with Crippen molar-refractivity contribution in [1.29, 1.82) is 5.26 Å². The summed E-state index contributed by atoms with van der Waals surface area (Å²) in [6, 6.07) is 9.50. The number of esters is 1. The van der Waals surface area contributed by atoms with Crippen LogP contribution in [0.15, 0.2) is 69.0 Å². The second-order valence-electron chi connectivity index (χ2n) is 7.09. The number of thioether (sulfide) groups is 1. The van der Waals surface area contributed by atoms with Gasteiger partial charge in [-0.3, -0.25) is 9.59 Å². The van der Waals surface area contributed by atoms with Gasteiger partial charge in [0.25, 0.3) is 5.91 Å². The molecule has 2 aromatic rings. The molecule has 2 heterocycles. The molecule has 1 aromatic heterocycles. The van der Waals surface area contributed by atoms with Crippen molar-refractivity contribution >= 4 is 29.3 Å². The van der Waals surface area contributed by atoms with Gasteiger partial charge in [0.1, 0.15) is 5.76 Å². The van der Waals surface area contributed by atoms with Crippen molar-refractivity contribution in [2.45, 2.75) is 25.9 Å². The van der Waals surface area contributed by atoms with Crippen LogP contribution in [0.2, 0.25) is 0 Å². The van der Waals surface area contributed by atoms with Crippen LogP contribution in [-0.2, 0) is 20.5 Å². The fraction of sp³-hybridized carbons (Fsp3) is 0.261. The molecule has 0 bridgehead atoms. The quantitative estimate of drug-likeness (QED) is 0.529. The molecular formula is C23H20F3N3O4S. The third-order valence-electron chi connectivity index (χ3n) is 4.81. The van der Waals surface area contributed by atoms with E-state index in [0.717, 1.165) is 23.9 Å². The van der Waals surface area contributed by atoms with Crippen molar-refractivity contribution in [2.24, 2.45) is 0 Å². The monoisotopic (exact) mass is 491 g/mol. The second kappa shape index (κ2) is 10.5. The number of carbonyl (C=O) groups is 2. The Bertz CT molecular complexity index is 1180. The van der Waals surface area contributed by atoms with E-state index in [0.29, 0.717) is 16.5 Å². The number of rotatable bonds is 7. The summed E-state index contributed by atoms with van der Waals surface area (Å²) < 4.78 is 49.6. The zero-order valence-electron chi connectivity index (χ0n) is 18.2. The Morgan fingerprint density at radius 1 is 1.29 bits per heavy atom. The molecule has 0 fully saturated rings. The molecule has 7 nitrogen and oxygen atoms in total. The Balaban J connectivity index is 1.95. The first kappa shape index (κ1) is 25.0. The average molecular weight is 491 g/mol. The molecule has 1 aliphatic rings. The van der Waals surface area contributed by atoms with E-state index in [1.165, 1.54) is 18.4 Å². The Morgan fingerprint density at radius 2 is 2.06 bits per heavy atom. The lowest BCUT2D eigenvalue weighted by Gasteiger charge is -2.28. The molecule has 34 heavy (non-hydrogen) atoms. The van der Waals surface area contributed by atoms with Gasteiger partial charge in [0.05, 0.1) is 52.3 Å². The minimum absolute atomic E-state index is 0.0525. The van der Waals surface area contributed by atoms with Crippen molar-refractivity contribution in [3.05, 3.63) is 75.9 Å². The van der Waals surface area contributed by atoms with Crippen molar-refractivity contribution in [3.8, 4) is 6.07 Å². The molecule has 178 valence electrons. The second-order valence-corrected chi connectivity index (χ2v) is 8.08. The van der Waals surface area contributed by atoms with Gasteiger partial charge in [-0.25, -0.2) is 0 Å². The first-order chi connectivity index (χ1) is 16.2. The van der Waals surface area contributed by atoms with Gasteiger partial charge < -0.3 is 19.8 Å². The largest absolute Gasteiger partial charge is 0.468 e. The molecule has 1 aromatic carbocycles. The maximum atomic E-state index is 13.2. The number of nitriles is 1. The van der Waals surface area contributed by atoms with Gasteiger partial charge in [0.15, 0.2) is 0 Å². The van der Waals surface area contributed by atoms with Crippen molar-refractivity contribution in [1.82, 2.24) is 5.32 Å². The molecule has 0 unspecified atom stereocenters. The molecule has 0 aliphatic carbocycles. The van der Waals surface area contributed by atoms with E-state index in [2.05, 4.69) is 16.7 Å². The zero-order valence-corrected chi connectivity index (χ0v) is 19.0. The van der Waals surface area contributed by atoms with Crippen LogP contribution >= 0.6 is 11.8 Å². The number of amides is 1. The predicted molar refractivity (Wildman–Crippen MR) is 119 cm³/mol. The number of carbonyl (C=O) groups excluding carboxylic acids is 2. The molecular weight excluding hydrogens is 471 g/mol. The number of allylic oxidation sites excluding steroid dienone is 2. The lowest BCUT2D eigenvalue weighted by Crippen LogP contribution is -2.31. The van der Waals surface area contributed by atoms with E-state index < -0.39 is 29.5 Å². The van der Waals surface area contributed by atoms with E-state index in [4.69, 9.17) is 9.15 Å². The molecule has 3 rings (SSSR count). The highest BCUT2D eigenvalue weighted by atomic mass is 32.2. The van der Waals surface area contributed by atoms with Gasteiger partial charge in [-0.2, -0.15) is 18.4 Å². The molecule has 0 radical (unpaired) electrons. The first-order valence-electron chi connectivity index (χ1n) is 10.1. The molecule has 0 saturated heterocycles. The molecule has 11 heteroatoms. The fourth-order valence-corrected chi connectivity index (χ4v) is 4.26. The minimum Gasteiger partial charge on any atom is -0.468 e. The number of ether oxygens (including phenoxy) is 1. The number of alkyl halides is 3. The molecule has 1 amide bonds. The van der Waals surface area contributed by atoms with Crippen LogP contribution in [0.25, 0.3) is 0 Å². The maximum Gasteiger partial charge on any atom is 0.416 e. The minimum atomic E-state index is -4.57. The highest BCUT2D eigenvalue weighted by Gasteiger charge is 2.37. The Hall–Kier alpha value is -3.65. The van der Waals surface area contributed by atoms with Gasteiger partial charge in [0, 0.05) is 11.4 Å². The zero-order chi connectivity index (χ0) is 24.9. The molecule has 1 atom stereocenters. The van der Waals surface area contributed by atoms with Crippen LogP contribution in [0.4, 0.5) is 18.9 Å². The van der Waals surface area contributed by atoms with Crippen LogP contribution in [0.3, 0.4) is 0 Å². The van der Waals surface area contributed by atoms with E-state index in [9.17, 15) is 28.0 Å². The van der Waals surface area contributed by atoms with Crippen LogP contribution < -0.4 is 10.6 Å².